The van der Waals surface area contributed by atoms with E-state index >= 15 is 0 Å². The topological polar surface area (TPSA) is 151 Å². The molecule has 2 saturated heterocycles. The van der Waals surface area contributed by atoms with E-state index in [1.165, 1.54) is 22.7 Å². The molecule has 3 aromatic rings. The van der Waals surface area contributed by atoms with E-state index in [2.05, 4.69) is 18.1 Å². The van der Waals surface area contributed by atoms with Crippen LogP contribution in [0.25, 0.3) is 0 Å². The Bertz CT molecular complexity index is 1900. The van der Waals surface area contributed by atoms with Gasteiger partial charge in [0.1, 0.15) is 11.1 Å². The minimum absolute atomic E-state index is 0.0471. The minimum atomic E-state index is -1.30. The first-order valence-electron chi connectivity index (χ1n) is 15.2. The predicted octanol–water partition coefficient (Wildman–Crippen LogP) is 2.65. The summed E-state index contributed by atoms with van der Waals surface area (Å²) in [7, 11) is 0. The number of halogens is 1. The van der Waals surface area contributed by atoms with Crippen LogP contribution in [0.2, 0.25) is 0 Å². The molecule has 0 spiro atoms. The summed E-state index contributed by atoms with van der Waals surface area (Å²) in [6.45, 7) is 0.659. The number of phenolic OH excluding ortho intramolecular Hbond substituents is 1. The van der Waals surface area contributed by atoms with E-state index in [-0.39, 0.29) is 41.9 Å². The van der Waals surface area contributed by atoms with Gasteiger partial charge >= 0.3 is 5.97 Å². The molecule has 15 heteroatoms. The lowest BCUT2D eigenvalue weighted by molar-refractivity contribution is -0.684. The number of anilines is 1. The van der Waals surface area contributed by atoms with E-state index in [9.17, 15) is 38.6 Å². The first-order chi connectivity index (χ1) is 23.5. The van der Waals surface area contributed by atoms with Gasteiger partial charge < -0.3 is 20.4 Å². The van der Waals surface area contributed by atoms with E-state index in [1.54, 1.807) is 52.2 Å². The average Bonchev–Trinajstić information content (AvgIpc) is 3.41. The van der Waals surface area contributed by atoms with Crippen molar-refractivity contribution in [2.75, 3.05) is 17.6 Å². The van der Waals surface area contributed by atoms with Crippen LogP contribution < -0.4 is 9.88 Å². The number of benzene rings is 2. The molecule has 252 valence electrons. The number of hydrogen-bond acceptors (Lipinski definition) is 8. The fraction of sp³-hybridized carbons (Fsp3) is 0.235. The molecule has 3 aliphatic rings. The van der Waals surface area contributed by atoms with Gasteiger partial charge in [-0.15, -0.1) is 11.8 Å². The van der Waals surface area contributed by atoms with Crippen molar-refractivity contribution in [2.45, 2.75) is 37.3 Å². The number of likely N-dealkylation sites (tertiary alicyclic amines) is 1. The highest BCUT2D eigenvalue weighted by Crippen LogP contribution is 2.44. The smallest absolute Gasteiger partial charge is 0.352 e. The highest BCUT2D eigenvalue weighted by molar-refractivity contribution is 8.00. The molecule has 49 heavy (non-hydrogen) atoms. The normalized spacial score (nSPS) is 19.5. The second-order valence-corrected chi connectivity index (χ2v) is 13.2. The van der Waals surface area contributed by atoms with Crippen LogP contribution in [0.4, 0.5) is 10.1 Å². The number of carboxylic acids is 1. The maximum absolute atomic E-state index is 13.6. The summed E-state index contributed by atoms with van der Waals surface area (Å²) in [5.74, 6) is -3.99. The second kappa shape index (κ2) is 14.1. The number of thiol groups is 1. The number of carbonyl (C=O) groups excluding carboxylic acids is 4. The molecule has 0 bridgehead atoms. The highest BCUT2D eigenvalue weighted by Gasteiger charge is 2.56. The van der Waals surface area contributed by atoms with Gasteiger partial charge in [-0.3, -0.25) is 28.4 Å². The zero-order valence-corrected chi connectivity index (χ0v) is 27.6. The zero-order chi connectivity index (χ0) is 34.8. The van der Waals surface area contributed by atoms with Crippen molar-refractivity contribution in [1.82, 2.24) is 14.1 Å². The van der Waals surface area contributed by atoms with Crippen molar-refractivity contribution >= 4 is 59.9 Å². The molecule has 4 heterocycles. The molecular weight excluding hydrogens is 674 g/mol. The Morgan fingerprint density at radius 1 is 1.08 bits per heavy atom. The number of nitrogens with one attached hydrogen (secondary N) is 1. The van der Waals surface area contributed by atoms with E-state index in [4.69, 9.17) is 0 Å². The van der Waals surface area contributed by atoms with Gasteiger partial charge in [0.2, 0.25) is 18.4 Å². The molecule has 6 rings (SSSR count). The van der Waals surface area contributed by atoms with Gasteiger partial charge in [-0.2, -0.15) is 4.57 Å². The number of carbonyl (C=O) groups is 5. The number of rotatable bonds is 10. The first-order valence-corrected chi connectivity index (χ1v) is 16.7. The fourth-order valence-electron chi connectivity index (χ4n) is 5.87. The van der Waals surface area contributed by atoms with Crippen LogP contribution in [0.3, 0.4) is 0 Å². The van der Waals surface area contributed by atoms with E-state index in [0.717, 1.165) is 27.6 Å². The largest absolute Gasteiger partial charge is 0.505 e. The summed E-state index contributed by atoms with van der Waals surface area (Å²) < 4.78 is 16.3. The molecular formula is C34H31FN5O7S2+. The third-order valence-corrected chi connectivity index (χ3v) is 10.1. The number of nitrogens with zero attached hydrogens (tertiary/aromatic N) is 4. The number of hydrogen-bond donors (Lipinski definition) is 4. The van der Waals surface area contributed by atoms with Crippen molar-refractivity contribution in [2.24, 2.45) is 0 Å². The van der Waals surface area contributed by atoms with Crippen molar-refractivity contribution in [3.63, 3.8) is 0 Å². The summed E-state index contributed by atoms with van der Waals surface area (Å²) in [5.41, 5.74) is 2.37. The number of aliphatic carboxylic acids is 1. The van der Waals surface area contributed by atoms with Crippen molar-refractivity contribution in [1.29, 1.82) is 0 Å². The maximum Gasteiger partial charge on any atom is 0.352 e. The number of thioether (sulfide) groups is 1. The predicted molar refractivity (Wildman–Crippen MR) is 179 cm³/mol. The molecule has 3 N–H and O–H groups in total. The number of pyridine rings is 1. The Morgan fingerprint density at radius 3 is 2.51 bits per heavy atom. The quantitative estimate of drug-likeness (QED) is 0.0828. The van der Waals surface area contributed by atoms with Gasteiger partial charge in [0, 0.05) is 48.3 Å². The van der Waals surface area contributed by atoms with E-state index in [0.29, 0.717) is 30.7 Å². The molecule has 2 fully saturated rings. The molecule has 0 radical (unpaired) electrons. The number of aromatic hydroxyl groups is 1. The number of amides is 4. The summed E-state index contributed by atoms with van der Waals surface area (Å²) >= 11 is 5.64. The Labute approximate surface area is 290 Å². The molecule has 12 nitrogen and oxygen atoms in total. The van der Waals surface area contributed by atoms with Crippen LogP contribution in [0, 0.1) is 5.82 Å². The van der Waals surface area contributed by atoms with E-state index < -0.39 is 40.8 Å². The van der Waals surface area contributed by atoms with E-state index in [1.807, 2.05) is 18.2 Å². The molecule has 4 amide bonds. The maximum atomic E-state index is 13.6. The number of β-lactam (4-membered cyclic amide) rings is 1. The number of fused-ring (bicyclic) bond motifs is 1. The molecule has 0 unspecified atom stereocenters. The van der Waals surface area contributed by atoms with Crippen LogP contribution in [0.1, 0.15) is 17.5 Å². The van der Waals surface area contributed by atoms with Crippen LogP contribution in [0.15, 0.2) is 96.0 Å². The molecule has 0 aliphatic carbocycles. The number of allylic oxidation sites excluding steroid dienone is 1. The SMILES string of the molecule is O=C(C[n+]1ccc(CN2CCC(=CC3=C(C(=O)O)N4C(=O)[C@@H](N(S)C(=O)Cc5ccccc5)[C@H]4SC3)C2=O)cc1)Nc1ccc(O)c(F)c1. The number of aromatic nitrogens is 1. The lowest BCUT2D eigenvalue weighted by atomic mass is 10.0. The van der Waals surface area contributed by atoms with Crippen molar-refractivity contribution < 1.29 is 43.1 Å². The highest BCUT2D eigenvalue weighted by atomic mass is 32.2. The van der Waals surface area contributed by atoms with Gasteiger partial charge in [0.25, 0.3) is 11.8 Å². The second-order valence-electron chi connectivity index (χ2n) is 11.7. The van der Waals surface area contributed by atoms with Gasteiger partial charge in [-0.05, 0) is 41.3 Å². The first kappa shape index (κ1) is 33.7. The molecule has 2 aromatic carbocycles. The van der Waals surface area contributed by atoms with Gasteiger partial charge in [-0.25, -0.2) is 9.18 Å². The minimum Gasteiger partial charge on any atom is -0.505 e. The van der Waals surface area contributed by atoms with Crippen molar-refractivity contribution in [3.8, 4) is 5.75 Å². The van der Waals surface area contributed by atoms with Gasteiger partial charge in [0.05, 0.1) is 6.42 Å². The lowest BCUT2D eigenvalue weighted by Gasteiger charge is -2.51. The summed E-state index contributed by atoms with van der Waals surface area (Å²) in [6, 6.07) is 15.2. The third-order valence-electron chi connectivity index (χ3n) is 8.34. The summed E-state index contributed by atoms with van der Waals surface area (Å²) in [5, 5.41) is 21.4. The number of phenols is 1. The van der Waals surface area contributed by atoms with Crippen LogP contribution in [0.5, 0.6) is 5.75 Å². The van der Waals surface area contributed by atoms with Crippen LogP contribution >= 0.6 is 24.6 Å². The van der Waals surface area contributed by atoms with Crippen LogP contribution in [-0.2, 0) is 43.5 Å². The molecule has 3 aliphatic heterocycles. The molecule has 0 saturated carbocycles. The van der Waals surface area contributed by atoms with Gasteiger partial charge in [-0.1, -0.05) is 43.1 Å². The summed E-state index contributed by atoms with van der Waals surface area (Å²) in [6.07, 6.45) is 5.37. The Balaban J connectivity index is 1.07. The molecule has 2 atom stereocenters. The zero-order valence-electron chi connectivity index (χ0n) is 25.9. The van der Waals surface area contributed by atoms with Gasteiger partial charge in [0.15, 0.2) is 30.0 Å². The monoisotopic (exact) mass is 704 g/mol. The summed E-state index contributed by atoms with van der Waals surface area (Å²) in [4.78, 5) is 67.0. The third kappa shape index (κ3) is 7.17. The number of carboxylic acid groups (broad SMARTS) is 1. The Hall–Kier alpha value is -5.15. The van der Waals surface area contributed by atoms with Crippen molar-refractivity contribution in [3.05, 3.63) is 113 Å². The molecule has 1 aromatic heterocycles. The Kier molecular flexibility index (Phi) is 9.74. The van der Waals surface area contributed by atoms with Crippen LogP contribution in [-0.4, -0.2) is 77.6 Å². The fourth-order valence-corrected chi connectivity index (χ4v) is 7.60. The Morgan fingerprint density at radius 2 is 1.82 bits per heavy atom. The average molecular weight is 705 g/mol. The standard InChI is InChI=1S/C34H30FN5O7S2/c35-25-16-24(6-7-26(25)41)36-27(42)18-37-11-8-21(9-12-37)17-38-13-10-22(31(38)44)15-23-19-49-33-30(32(45)39(33)29(23)34(46)47)40(48)28(43)14-20-4-2-1-3-5-20/h1-9,11-12,15-16,30,33,48H,10,13-14,17-19H2,(H2-,36,41,42,46,47)/p+1/t30-,33-/m1/s1. The lowest BCUT2D eigenvalue weighted by Crippen LogP contribution is -2.69.